The zero-order valence-electron chi connectivity index (χ0n) is 8.32. The van der Waals surface area contributed by atoms with Crippen molar-refractivity contribution in [1.29, 1.82) is 0 Å². The van der Waals surface area contributed by atoms with Crippen molar-refractivity contribution in [1.82, 2.24) is 4.90 Å². The van der Waals surface area contributed by atoms with Crippen molar-refractivity contribution < 1.29 is 19.0 Å². The van der Waals surface area contributed by atoms with E-state index in [9.17, 15) is 4.79 Å². The van der Waals surface area contributed by atoms with Crippen LogP contribution in [0.5, 0.6) is 0 Å². The van der Waals surface area contributed by atoms with Crippen LogP contribution in [0.2, 0.25) is 0 Å². The molecular formula is C9H15NO4. The van der Waals surface area contributed by atoms with E-state index in [0.717, 1.165) is 19.4 Å². The van der Waals surface area contributed by atoms with Gasteiger partial charge in [-0.15, -0.1) is 0 Å². The van der Waals surface area contributed by atoms with E-state index in [1.54, 1.807) is 4.90 Å². The van der Waals surface area contributed by atoms with Crippen LogP contribution in [0.1, 0.15) is 12.8 Å². The van der Waals surface area contributed by atoms with Crippen LogP contribution in [0.25, 0.3) is 0 Å². The Hall–Kier alpha value is -0.810. The molecule has 1 spiro atoms. The number of methoxy groups -OCH3 is 1. The highest BCUT2D eigenvalue weighted by molar-refractivity contribution is 5.67. The summed E-state index contributed by atoms with van der Waals surface area (Å²) >= 11 is 0. The summed E-state index contributed by atoms with van der Waals surface area (Å²) in [7, 11) is 1.39. The van der Waals surface area contributed by atoms with Gasteiger partial charge in [0.15, 0.2) is 5.79 Å². The molecular weight excluding hydrogens is 186 g/mol. The first-order valence-electron chi connectivity index (χ1n) is 4.87. The minimum absolute atomic E-state index is 0.303. The lowest BCUT2D eigenvalue weighted by molar-refractivity contribution is -0.184. The zero-order chi connectivity index (χ0) is 10.0. The summed E-state index contributed by atoms with van der Waals surface area (Å²) < 4.78 is 15.7. The molecule has 0 bridgehead atoms. The third-order valence-electron chi connectivity index (χ3n) is 2.66. The van der Waals surface area contributed by atoms with E-state index in [-0.39, 0.29) is 6.09 Å². The van der Waals surface area contributed by atoms with E-state index in [4.69, 9.17) is 9.47 Å². The molecule has 0 aliphatic carbocycles. The van der Waals surface area contributed by atoms with E-state index in [2.05, 4.69) is 4.74 Å². The van der Waals surface area contributed by atoms with Crippen molar-refractivity contribution in [2.45, 2.75) is 18.6 Å². The molecule has 14 heavy (non-hydrogen) atoms. The zero-order valence-corrected chi connectivity index (χ0v) is 8.32. The van der Waals surface area contributed by atoms with E-state index in [1.807, 2.05) is 0 Å². The third kappa shape index (κ3) is 1.69. The lowest BCUT2D eigenvalue weighted by Crippen LogP contribution is -2.50. The van der Waals surface area contributed by atoms with Crippen LogP contribution < -0.4 is 0 Å². The summed E-state index contributed by atoms with van der Waals surface area (Å²) in [5.41, 5.74) is 0. The van der Waals surface area contributed by atoms with Crippen LogP contribution in [0, 0.1) is 0 Å². The largest absolute Gasteiger partial charge is 0.453 e. The highest BCUT2D eigenvalue weighted by atomic mass is 16.7. The van der Waals surface area contributed by atoms with Gasteiger partial charge in [-0.3, -0.25) is 0 Å². The quantitative estimate of drug-likeness (QED) is 0.575. The number of carbonyl (C=O) groups is 1. The maximum Gasteiger partial charge on any atom is 0.409 e. The number of hydrogen-bond acceptors (Lipinski definition) is 4. The van der Waals surface area contributed by atoms with Crippen molar-refractivity contribution in [3.63, 3.8) is 0 Å². The van der Waals surface area contributed by atoms with Gasteiger partial charge in [0, 0.05) is 13.0 Å². The van der Waals surface area contributed by atoms with Gasteiger partial charge in [0.1, 0.15) is 0 Å². The lowest BCUT2D eigenvalue weighted by Gasteiger charge is -2.37. The topological polar surface area (TPSA) is 48.0 Å². The summed E-state index contributed by atoms with van der Waals surface area (Å²) in [6, 6.07) is 0. The predicted molar refractivity (Wildman–Crippen MR) is 47.8 cm³/mol. The van der Waals surface area contributed by atoms with Crippen LogP contribution in [0.4, 0.5) is 4.79 Å². The molecule has 0 aromatic carbocycles. The molecule has 1 amide bonds. The Labute approximate surface area is 82.9 Å². The van der Waals surface area contributed by atoms with Crippen molar-refractivity contribution in [3.8, 4) is 0 Å². The molecule has 2 aliphatic rings. The predicted octanol–water partition coefficient (Wildman–Crippen LogP) is 0.592. The lowest BCUT2D eigenvalue weighted by atomic mass is 10.1. The van der Waals surface area contributed by atoms with Gasteiger partial charge in [-0.2, -0.15) is 0 Å². The molecule has 0 atom stereocenters. The van der Waals surface area contributed by atoms with Gasteiger partial charge in [-0.05, 0) is 6.42 Å². The average Bonchev–Trinajstić information content (AvgIpc) is 2.65. The number of ether oxygens (including phenoxy) is 3. The van der Waals surface area contributed by atoms with Gasteiger partial charge in [-0.25, -0.2) is 4.79 Å². The van der Waals surface area contributed by atoms with Gasteiger partial charge in [0.05, 0.1) is 26.9 Å². The smallest absolute Gasteiger partial charge is 0.409 e. The summed E-state index contributed by atoms with van der Waals surface area (Å²) in [6.45, 7) is 2.45. The molecule has 0 N–H and O–H groups in total. The van der Waals surface area contributed by atoms with Gasteiger partial charge in [0.2, 0.25) is 0 Å². The summed E-state index contributed by atoms with van der Waals surface area (Å²) in [5, 5.41) is 0. The molecule has 2 rings (SSSR count). The fourth-order valence-electron chi connectivity index (χ4n) is 2.01. The number of likely N-dealkylation sites (tertiary alicyclic amines) is 1. The second kappa shape index (κ2) is 3.74. The first-order chi connectivity index (χ1) is 6.76. The number of piperidine rings is 1. The molecule has 80 valence electrons. The van der Waals surface area contributed by atoms with Gasteiger partial charge < -0.3 is 19.1 Å². The van der Waals surface area contributed by atoms with Crippen LogP contribution in [0.15, 0.2) is 0 Å². The molecule has 5 heteroatoms. The van der Waals surface area contributed by atoms with E-state index in [0.29, 0.717) is 19.8 Å². The number of nitrogens with zero attached hydrogens (tertiary/aromatic N) is 1. The molecule has 2 aliphatic heterocycles. The summed E-state index contributed by atoms with van der Waals surface area (Å²) in [4.78, 5) is 12.9. The molecule has 0 aromatic heterocycles. The minimum Gasteiger partial charge on any atom is -0.453 e. The fraction of sp³-hybridized carbons (Fsp3) is 0.889. The second-order valence-corrected chi connectivity index (χ2v) is 3.60. The highest BCUT2D eigenvalue weighted by Crippen LogP contribution is 2.30. The Balaban J connectivity index is 1.99. The molecule has 0 saturated carbocycles. The normalized spacial score (nSPS) is 25.4. The van der Waals surface area contributed by atoms with E-state index in [1.165, 1.54) is 7.11 Å². The number of amides is 1. The van der Waals surface area contributed by atoms with Crippen LogP contribution >= 0.6 is 0 Å². The third-order valence-corrected chi connectivity index (χ3v) is 2.66. The number of carbonyl (C=O) groups excluding carboxylic acids is 1. The molecule has 2 saturated heterocycles. The standard InChI is InChI=1S/C9H15NO4/c1-12-8(11)10-4-2-3-9(7-10)13-5-6-14-9/h2-7H2,1H3. The minimum atomic E-state index is -0.549. The Morgan fingerprint density at radius 2 is 2.14 bits per heavy atom. The van der Waals surface area contributed by atoms with Crippen molar-refractivity contribution in [2.24, 2.45) is 0 Å². The second-order valence-electron chi connectivity index (χ2n) is 3.60. The fourth-order valence-corrected chi connectivity index (χ4v) is 2.01. The van der Waals surface area contributed by atoms with Crippen molar-refractivity contribution >= 4 is 6.09 Å². The van der Waals surface area contributed by atoms with Crippen LogP contribution in [-0.2, 0) is 14.2 Å². The Kier molecular flexibility index (Phi) is 2.60. The van der Waals surface area contributed by atoms with Crippen molar-refractivity contribution in [3.05, 3.63) is 0 Å². The van der Waals surface area contributed by atoms with Gasteiger partial charge in [-0.1, -0.05) is 0 Å². The molecule has 5 nitrogen and oxygen atoms in total. The maximum absolute atomic E-state index is 11.3. The Bertz CT molecular complexity index is 225. The van der Waals surface area contributed by atoms with Gasteiger partial charge in [0.25, 0.3) is 0 Å². The SMILES string of the molecule is COC(=O)N1CCCC2(C1)OCCO2. The summed E-state index contributed by atoms with van der Waals surface area (Å²) in [6.07, 6.45) is 1.46. The maximum atomic E-state index is 11.3. The molecule has 0 radical (unpaired) electrons. The first kappa shape index (κ1) is 9.73. The Morgan fingerprint density at radius 1 is 1.43 bits per heavy atom. The number of rotatable bonds is 0. The van der Waals surface area contributed by atoms with Gasteiger partial charge >= 0.3 is 6.09 Å². The first-order valence-corrected chi connectivity index (χ1v) is 4.87. The molecule has 0 aromatic rings. The average molecular weight is 201 g/mol. The van der Waals surface area contributed by atoms with Crippen molar-refractivity contribution in [2.75, 3.05) is 33.4 Å². The van der Waals surface area contributed by atoms with E-state index < -0.39 is 5.79 Å². The van der Waals surface area contributed by atoms with E-state index >= 15 is 0 Å². The Morgan fingerprint density at radius 3 is 2.79 bits per heavy atom. The van der Waals surface area contributed by atoms with Crippen LogP contribution in [-0.4, -0.2) is 50.2 Å². The molecule has 2 heterocycles. The summed E-state index contributed by atoms with van der Waals surface area (Å²) in [5.74, 6) is -0.549. The monoisotopic (exact) mass is 201 g/mol. The molecule has 2 fully saturated rings. The van der Waals surface area contributed by atoms with Crippen LogP contribution in [0.3, 0.4) is 0 Å². The highest BCUT2D eigenvalue weighted by Gasteiger charge is 2.42. The molecule has 0 unspecified atom stereocenters. The number of hydrogen-bond donors (Lipinski definition) is 0.